The van der Waals surface area contributed by atoms with Crippen LogP contribution in [-0.2, 0) is 6.67 Å². The molecule has 0 heterocycles. The van der Waals surface area contributed by atoms with Gasteiger partial charge in [-0.15, -0.1) is 0 Å². The first-order valence-corrected chi connectivity index (χ1v) is 4.36. The molecule has 1 aromatic carbocycles. The first kappa shape index (κ1) is 10.2. The van der Waals surface area contributed by atoms with E-state index < -0.39 is 6.67 Å². The molecule has 3 heteroatoms. The van der Waals surface area contributed by atoms with E-state index in [-0.39, 0.29) is 0 Å². The molecule has 0 amide bonds. The molecule has 0 aliphatic rings. The summed E-state index contributed by atoms with van der Waals surface area (Å²) >= 11 is 5.89. The van der Waals surface area contributed by atoms with E-state index in [1.54, 1.807) is 24.3 Å². The van der Waals surface area contributed by atoms with Crippen LogP contribution in [0.2, 0.25) is 5.02 Å². The minimum atomic E-state index is -0.486. The molecule has 2 N–H and O–H groups in total. The highest BCUT2D eigenvalue weighted by molar-refractivity contribution is 6.32. The third-order valence-electron chi connectivity index (χ3n) is 1.65. The molecule has 0 fully saturated rings. The summed E-state index contributed by atoms with van der Waals surface area (Å²) < 4.78 is 12.2. The van der Waals surface area contributed by atoms with Gasteiger partial charge in [0.1, 0.15) is 6.67 Å². The van der Waals surface area contributed by atoms with Crippen LogP contribution >= 0.6 is 11.6 Å². The van der Waals surface area contributed by atoms with Crippen molar-refractivity contribution in [1.82, 2.24) is 0 Å². The van der Waals surface area contributed by atoms with Gasteiger partial charge in [-0.2, -0.15) is 0 Å². The highest BCUT2D eigenvalue weighted by Crippen LogP contribution is 2.19. The Kier molecular flexibility index (Phi) is 3.93. The molecule has 0 radical (unpaired) electrons. The van der Waals surface area contributed by atoms with Gasteiger partial charge >= 0.3 is 0 Å². The molecule has 70 valence electrons. The van der Waals surface area contributed by atoms with Crippen molar-refractivity contribution in [1.29, 1.82) is 0 Å². The van der Waals surface area contributed by atoms with E-state index in [9.17, 15) is 4.39 Å². The summed E-state index contributed by atoms with van der Waals surface area (Å²) in [5.41, 5.74) is 6.75. The van der Waals surface area contributed by atoms with Crippen LogP contribution in [0.3, 0.4) is 0 Å². The summed E-state index contributed by atoms with van der Waals surface area (Å²) in [5.74, 6) is 0. The molecule has 0 saturated heterocycles. The molecule has 0 aliphatic carbocycles. The van der Waals surface area contributed by atoms with Crippen molar-refractivity contribution < 1.29 is 4.39 Å². The maximum absolute atomic E-state index is 12.2. The number of hydrogen-bond acceptors (Lipinski definition) is 1. The standard InChI is InChI=1S/C10H11ClFN/c11-10-6-8(7-12)3-4-9(10)2-1-5-13/h1-4,6H,5,7,13H2/b2-1+. The van der Waals surface area contributed by atoms with Gasteiger partial charge in [-0.3, -0.25) is 0 Å². The largest absolute Gasteiger partial charge is 0.327 e. The fourth-order valence-corrected chi connectivity index (χ4v) is 1.25. The highest BCUT2D eigenvalue weighted by atomic mass is 35.5. The van der Waals surface area contributed by atoms with Crippen molar-refractivity contribution in [2.75, 3.05) is 6.54 Å². The van der Waals surface area contributed by atoms with Gasteiger partial charge in [-0.1, -0.05) is 35.9 Å². The molecule has 0 spiro atoms. The van der Waals surface area contributed by atoms with E-state index in [0.717, 1.165) is 5.56 Å². The summed E-state index contributed by atoms with van der Waals surface area (Å²) in [6, 6.07) is 5.11. The topological polar surface area (TPSA) is 26.0 Å². The molecule has 1 aromatic rings. The second-order valence-electron chi connectivity index (χ2n) is 2.63. The third kappa shape index (κ3) is 2.83. The summed E-state index contributed by atoms with van der Waals surface area (Å²) in [6.07, 6.45) is 3.63. The van der Waals surface area contributed by atoms with E-state index >= 15 is 0 Å². The molecule has 0 bridgehead atoms. The van der Waals surface area contributed by atoms with Crippen molar-refractivity contribution in [2.45, 2.75) is 6.67 Å². The minimum Gasteiger partial charge on any atom is -0.327 e. The SMILES string of the molecule is NC/C=C/c1ccc(CF)cc1Cl. The predicted octanol–water partition coefficient (Wildman–Crippen LogP) is 2.78. The lowest BCUT2D eigenvalue weighted by Gasteiger charge is -2.00. The van der Waals surface area contributed by atoms with Crippen LogP contribution in [0.5, 0.6) is 0 Å². The van der Waals surface area contributed by atoms with Gasteiger partial charge in [-0.25, -0.2) is 4.39 Å². The lowest BCUT2D eigenvalue weighted by atomic mass is 10.1. The average molecular weight is 200 g/mol. The Labute approximate surface area is 82.0 Å². The number of benzene rings is 1. The summed E-state index contributed by atoms with van der Waals surface area (Å²) in [6.45, 7) is -0.0121. The zero-order chi connectivity index (χ0) is 9.68. The van der Waals surface area contributed by atoms with Crippen molar-refractivity contribution in [3.8, 4) is 0 Å². The zero-order valence-corrected chi connectivity index (χ0v) is 7.89. The predicted molar refractivity (Wildman–Crippen MR) is 54.4 cm³/mol. The van der Waals surface area contributed by atoms with Crippen molar-refractivity contribution in [3.05, 3.63) is 40.4 Å². The molecule has 0 unspecified atom stereocenters. The molecule has 1 rings (SSSR count). The molecular formula is C10H11ClFN. The molecule has 0 atom stereocenters. The van der Waals surface area contributed by atoms with Gasteiger partial charge in [0.25, 0.3) is 0 Å². The van der Waals surface area contributed by atoms with Gasteiger partial charge in [0.05, 0.1) is 0 Å². The lowest BCUT2D eigenvalue weighted by molar-refractivity contribution is 0.485. The Morgan fingerprint density at radius 2 is 2.23 bits per heavy atom. The first-order valence-electron chi connectivity index (χ1n) is 3.99. The van der Waals surface area contributed by atoms with E-state index in [2.05, 4.69) is 0 Å². The van der Waals surface area contributed by atoms with E-state index in [1.165, 1.54) is 0 Å². The second-order valence-corrected chi connectivity index (χ2v) is 3.03. The Bertz CT molecular complexity index is 310. The van der Waals surface area contributed by atoms with Gasteiger partial charge in [0, 0.05) is 11.6 Å². The minimum absolute atomic E-state index is 0.473. The molecule has 0 aromatic heterocycles. The second kappa shape index (κ2) is 5.00. The Morgan fingerprint density at radius 3 is 2.77 bits per heavy atom. The van der Waals surface area contributed by atoms with Crippen molar-refractivity contribution in [2.24, 2.45) is 5.73 Å². The maximum Gasteiger partial charge on any atom is 0.115 e. The van der Waals surface area contributed by atoms with E-state index in [1.807, 2.05) is 6.08 Å². The Balaban J connectivity index is 2.91. The maximum atomic E-state index is 12.2. The number of rotatable bonds is 3. The van der Waals surface area contributed by atoms with Crippen LogP contribution in [-0.4, -0.2) is 6.54 Å². The quantitative estimate of drug-likeness (QED) is 0.796. The first-order chi connectivity index (χ1) is 6.27. The number of alkyl halides is 1. The molecule has 1 nitrogen and oxygen atoms in total. The average Bonchev–Trinajstić information content (AvgIpc) is 2.16. The van der Waals surface area contributed by atoms with Crippen LogP contribution in [0.4, 0.5) is 4.39 Å². The van der Waals surface area contributed by atoms with Crippen LogP contribution in [0.1, 0.15) is 11.1 Å². The molecule has 13 heavy (non-hydrogen) atoms. The monoisotopic (exact) mass is 199 g/mol. The van der Waals surface area contributed by atoms with E-state index in [4.69, 9.17) is 17.3 Å². The van der Waals surface area contributed by atoms with Gasteiger partial charge < -0.3 is 5.73 Å². The van der Waals surface area contributed by atoms with E-state index in [0.29, 0.717) is 17.1 Å². The molecule has 0 aliphatic heterocycles. The highest BCUT2D eigenvalue weighted by Gasteiger charge is 1.97. The zero-order valence-electron chi connectivity index (χ0n) is 7.13. The Hall–Kier alpha value is -0.860. The lowest BCUT2D eigenvalue weighted by Crippen LogP contribution is -1.92. The smallest absolute Gasteiger partial charge is 0.115 e. The summed E-state index contributed by atoms with van der Waals surface area (Å²) in [7, 11) is 0. The van der Waals surface area contributed by atoms with Crippen molar-refractivity contribution >= 4 is 17.7 Å². The summed E-state index contributed by atoms with van der Waals surface area (Å²) in [5, 5.41) is 0.555. The van der Waals surface area contributed by atoms with Crippen LogP contribution < -0.4 is 5.73 Å². The number of nitrogens with two attached hydrogens (primary N) is 1. The van der Waals surface area contributed by atoms with Gasteiger partial charge in [0.2, 0.25) is 0 Å². The van der Waals surface area contributed by atoms with Crippen LogP contribution in [0.15, 0.2) is 24.3 Å². The number of halogens is 2. The number of hydrogen-bond donors (Lipinski definition) is 1. The Morgan fingerprint density at radius 1 is 1.46 bits per heavy atom. The summed E-state index contributed by atoms with van der Waals surface area (Å²) in [4.78, 5) is 0. The van der Waals surface area contributed by atoms with Gasteiger partial charge in [0.15, 0.2) is 0 Å². The molecular weight excluding hydrogens is 189 g/mol. The fraction of sp³-hybridized carbons (Fsp3) is 0.200. The van der Waals surface area contributed by atoms with Crippen LogP contribution in [0, 0.1) is 0 Å². The molecule has 0 saturated carbocycles. The normalized spacial score (nSPS) is 11.0. The third-order valence-corrected chi connectivity index (χ3v) is 1.98. The van der Waals surface area contributed by atoms with Crippen molar-refractivity contribution in [3.63, 3.8) is 0 Å². The van der Waals surface area contributed by atoms with Gasteiger partial charge in [-0.05, 0) is 17.2 Å². The van der Waals surface area contributed by atoms with Crippen LogP contribution in [0.25, 0.3) is 6.08 Å². The fourth-order valence-electron chi connectivity index (χ4n) is 0.984.